The topological polar surface area (TPSA) is 45.0 Å². The predicted octanol–water partition coefficient (Wildman–Crippen LogP) is 4.15. The molecule has 0 atom stereocenters. The number of carbonyl (C=O) groups is 1. The molecule has 0 saturated carbocycles. The molecule has 1 saturated heterocycles. The summed E-state index contributed by atoms with van der Waals surface area (Å²) in [7, 11) is 0. The number of hydrogen-bond donors (Lipinski definition) is 0. The summed E-state index contributed by atoms with van der Waals surface area (Å²) in [4.78, 5) is 16.4. The first-order chi connectivity index (χ1) is 10.4. The van der Waals surface area contributed by atoms with Gasteiger partial charge in [0.15, 0.2) is 5.17 Å². The molecule has 0 N–H and O–H groups in total. The number of nitrogens with zero attached hydrogens (tertiary/aromatic N) is 3. The fraction of sp³-hybridized carbons (Fsp3) is 0.438. The molecule has 6 heteroatoms. The number of hydrogen-bond acceptors (Lipinski definition) is 4. The third kappa shape index (κ3) is 3.94. The SMILES string of the molecule is CC(C)/C=N/N1C(=O)CSC1=Nc1cc(F)ccc1C(C)C. The van der Waals surface area contributed by atoms with Crippen molar-refractivity contribution in [2.45, 2.75) is 33.6 Å². The standard InChI is InChI=1S/C16H20FN3OS/c1-10(2)8-18-20-15(21)9-22-16(20)19-14-7-12(17)5-6-13(14)11(3)4/h5-8,10-11H,9H2,1-4H3/b18-8+,19-16?. The van der Waals surface area contributed by atoms with E-state index in [0.717, 1.165) is 5.56 Å². The van der Waals surface area contributed by atoms with E-state index in [1.165, 1.54) is 28.9 Å². The minimum atomic E-state index is -0.338. The molecular weight excluding hydrogens is 301 g/mol. The quantitative estimate of drug-likeness (QED) is 0.782. The fourth-order valence-corrected chi connectivity index (χ4v) is 2.76. The number of amides is 1. The molecule has 1 fully saturated rings. The van der Waals surface area contributed by atoms with Crippen molar-refractivity contribution in [2.24, 2.45) is 16.0 Å². The molecule has 1 aliphatic rings. The van der Waals surface area contributed by atoms with E-state index in [4.69, 9.17) is 0 Å². The first-order valence-electron chi connectivity index (χ1n) is 7.26. The van der Waals surface area contributed by atoms with Crippen LogP contribution in [0, 0.1) is 11.7 Å². The van der Waals surface area contributed by atoms with E-state index in [1.54, 1.807) is 12.3 Å². The Morgan fingerprint density at radius 1 is 1.32 bits per heavy atom. The van der Waals surface area contributed by atoms with Crippen LogP contribution in [-0.4, -0.2) is 28.1 Å². The van der Waals surface area contributed by atoms with E-state index in [1.807, 2.05) is 27.7 Å². The molecule has 118 valence electrons. The van der Waals surface area contributed by atoms with Crippen LogP contribution in [0.4, 0.5) is 10.1 Å². The molecule has 0 unspecified atom stereocenters. The second-order valence-corrected chi connectivity index (χ2v) is 6.70. The van der Waals surface area contributed by atoms with Crippen LogP contribution < -0.4 is 0 Å². The van der Waals surface area contributed by atoms with Crippen LogP contribution in [-0.2, 0) is 4.79 Å². The Labute approximate surface area is 134 Å². The summed E-state index contributed by atoms with van der Waals surface area (Å²) >= 11 is 1.32. The highest BCUT2D eigenvalue weighted by Crippen LogP contribution is 2.31. The summed E-state index contributed by atoms with van der Waals surface area (Å²) in [5, 5.41) is 5.99. The zero-order valence-electron chi connectivity index (χ0n) is 13.2. The van der Waals surface area contributed by atoms with E-state index < -0.39 is 0 Å². The van der Waals surface area contributed by atoms with Gasteiger partial charge in [-0.2, -0.15) is 10.1 Å². The van der Waals surface area contributed by atoms with E-state index >= 15 is 0 Å². The van der Waals surface area contributed by atoms with Crippen LogP contribution in [0.5, 0.6) is 0 Å². The van der Waals surface area contributed by atoms with Crippen molar-refractivity contribution >= 4 is 34.7 Å². The van der Waals surface area contributed by atoms with Gasteiger partial charge < -0.3 is 0 Å². The van der Waals surface area contributed by atoms with Crippen LogP contribution in [0.2, 0.25) is 0 Å². The van der Waals surface area contributed by atoms with Crippen molar-refractivity contribution in [3.05, 3.63) is 29.6 Å². The summed E-state index contributed by atoms with van der Waals surface area (Å²) in [5.74, 6) is 0.314. The average molecular weight is 321 g/mol. The third-order valence-corrected chi connectivity index (χ3v) is 3.97. The highest BCUT2D eigenvalue weighted by atomic mass is 32.2. The minimum absolute atomic E-state index is 0.108. The maximum atomic E-state index is 13.5. The maximum absolute atomic E-state index is 13.5. The monoisotopic (exact) mass is 321 g/mol. The Balaban J connectivity index is 2.39. The van der Waals surface area contributed by atoms with Gasteiger partial charge in [0.1, 0.15) is 5.82 Å². The molecular formula is C16H20FN3OS. The molecule has 0 aromatic heterocycles. The molecule has 4 nitrogen and oxygen atoms in total. The zero-order valence-corrected chi connectivity index (χ0v) is 14.0. The van der Waals surface area contributed by atoms with Crippen molar-refractivity contribution in [3.63, 3.8) is 0 Å². The number of amidine groups is 1. The molecule has 1 aliphatic heterocycles. The van der Waals surface area contributed by atoms with E-state index in [2.05, 4.69) is 10.1 Å². The van der Waals surface area contributed by atoms with Gasteiger partial charge in [-0.1, -0.05) is 45.5 Å². The molecule has 0 bridgehead atoms. The van der Waals surface area contributed by atoms with Gasteiger partial charge in [0, 0.05) is 6.21 Å². The van der Waals surface area contributed by atoms with Gasteiger partial charge in [0.05, 0.1) is 11.4 Å². The number of thioether (sulfide) groups is 1. The first-order valence-corrected chi connectivity index (χ1v) is 8.25. The number of aliphatic imine (C=N–C) groups is 1. The van der Waals surface area contributed by atoms with Gasteiger partial charge in [0.25, 0.3) is 5.91 Å². The molecule has 0 radical (unpaired) electrons. The molecule has 2 rings (SSSR count). The van der Waals surface area contributed by atoms with Crippen LogP contribution in [0.25, 0.3) is 0 Å². The van der Waals surface area contributed by atoms with Crippen molar-refractivity contribution in [1.29, 1.82) is 0 Å². The molecule has 1 amide bonds. The highest BCUT2D eigenvalue weighted by Gasteiger charge is 2.28. The van der Waals surface area contributed by atoms with Gasteiger partial charge in [0.2, 0.25) is 0 Å². The Morgan fingerprint density at radius 3 is 2.68 bits per heavy atom. The second kappa shape index (κ2) is 7.05. The lowest BCUT2D eigenvalue weighted by Gasteiger charge is -2.13. The molecule has 1 aromatic rings. The molecule has 1 heterocycles. The Bertz CT molecular complexity index is 626. The maximum Gasteiger partial charge on any atom is 0.259 e. The van der Waals surface area contributed by atoms with Gasteiger partial charge in [-0.05, 0) is 29.5 Å². The van der Waals surface area contributed by atoms with E-state index in [-0.39, 0.29) is 23.6 Å². The molecule has 22 heavy (non-hydrogen) atoms. The second-order valence-electron chi connectivity index (χ2n) is 5.75. The van der Waals surface area contributed by atoms with Crippen molar-refractivity contribution in [1.82, 2.24) is 5.01 Å². The van der Waals surface area contributed by atoms with Gasteiger partial charge in [-0.25, -0.2) is 9.38 Å². The lowest BCUT2D eigenvalue weighted by Crippen LogP contribution is -2.24. The largest absolute Gasteiger partial charge is 0.271 e. The average Bonchev–Trinajstić information content (AvgIpc) is 2.77. The molecule has 0 aliphatic carbocycles. The van der Waals surface area contributed by atoms with Crippen LogP contribution >= 0.6 is 11.8 Å². The van der Waals surface area contributed by atoms with Gasteiger partial charge in [-0.3, -0.25) is 4.79 Å². The predicted molar refractivity (Wildman–Crippen MR) is 90.2 cm³/mol. The normalized spacial score (nSPS) is 17.7. The van der Waals surface area contributed by atoms with Gasteiger partial charge in [-0.15, -0.1) is 0 Å². The van der Waals surface area contributed by atoms with Crippen molar-refractivity contribution < 1.29 is 9.18 Å². The summed E-state index contributed by atoms with van der Waals surface area (Å²) < 4.78 is 13.5. The molecule has 0 spiro atoms. The van der Waals surface area contributed by atoms with Crippen LogP contribution in [0.15, 0.2) is 28.3 Å². The summed E-state index contributed by atoms with van der Waals surface area (Å²) in [6.07, 6.45) is 1.70. The Hall–Kier alpha value is -1.69. The first kappa shape index (κ1) is 16.7. The molecule has 1 aromatic carbocycles. The number of hydrazone groups is 1. The highest BCUT2D eigenvalue weighted by molar-refractivity contribution is 8.15. The van der Waals surface area contributed by atoms with Crippen LogP contribution in [0.1, 0.15) is 39.2 Å². The number of halogens is 1. The summed E-state index contributed by atoms with van der Waals surface area (Å²) in [6, 6.07) is 4.57. The Morgan fingerprint density at radius 2 is 2.05 bits per heavy atom. The van der Waals surface area contributed by atoms with Crippen molar-refractivity contribution in [3.8, 4) is 0 Å². The summed E-state index contributed by atoms with van der Waals surface area (Å²) in [6.45, 7) is 8.02. The van der Waals surface area contributed by atoms with Crippen LogP contribution in [0.3, 0.4) is 0 Å². The minimum Gasteiger partial charge on any atom is -0.271 e. The Kier molecular flexibility index (Phi) is 5.34. The van der Waals surface area contributed by atoms with E-state index in [9.17, 15) is 9.18 Å². The smallest absolute Gasteiger partial charge is 0.259 e. The lowest BCUT2D eigenvalue weighted by molar-refractivity contribution is -0.124. The fourth-order valence-electron chi connectivity index (χ4n) is 1.95. The number of rotatable bonds is 4. The lowest BCUT2D eigenvalue weighted by atomic mass is 10.0. The summed E-state index contributed by atoms with van der Waals surface area (Å²) in [5.41, 5.74) is 1.50. The third-order valence-electron chi connectivity index (χ3n) is 3.05. The van der Waals surface area contributed by atoms with E-state index in [0.29, 0.717) is 16.6 Å². The number of carbonyl (C=O) groups excluding carboxylic acids is 1. The number of benzene rings is 1. The zero-order chi connectivity index (χ0) is 16.3. The van der Waals surface area contributed by atoms with Crippen molar-refractivity contribution in [2.75, 3.05) is 5.75 Å². The van der Waals surface area contributed by atoms with Gasteiger partial charge >= 0.3 is 0 Å².